The van der Waals surface area contributed by atoms with E-state index in [0.717, 1.165) is 39.0 Å². The van der Waals surface area contributed by atoms with Crippen LogP contribution < -0.4 is 0 Å². The molecule has 1 aliphatic heterocycles. The largest absolute Gasteiger partial charge is 0.472 e. The van der Waals surface area contributed by atoms with Gasteiger partial charge in [0.15, 0.2) is 0 Å². The van der Waals surface area contributed by atoms with Gasteiger partial charge in [0.1, 0.15) is 0 Å². The Morgan fingerprint density at radius 1 is 1.15 bits per heavy atom. The van der Waals surface area contributed by atoms with E-state index in [9.17, 15) is 9.90 Å². The fourth-order valence-corrected chi connectivity index (χ4v) is 2.74. The van der Waals surface area contributed by atoms with Crippen molar-refractivity contribution in [2.75, 3.05) is 26.2 Å². The van der Waals surface area contributed by atoms with Crippen molar-refractivity contribution >= 4 is 11.8 Å². The average molecular weight is 283 g/mol. The zero-order valence-electron chi connectivity index (χ0n) is 14.0. The number of aliphatic carboxylic acids is 1. The Labute approximate surface area is 123 Å². The maximum atomic E-state index is 11.8. The highest BCUT2D eigenvalue weighted by molar-refractivity contribution is 6.32. The number of carboxylic acid groups (broad SMARTS) is 1. The highest BCUT2D eigenvalue weighted by atomic mass is 16.4. The predicted molar refractivity (Wildman–Crippen MR) is 82.4 cm³/mol. The van der Waals surface area contributed by atoms with Crippen LogP contribution in [0.3, 0.4) is 0 Å². The Morgan fingerprint density at radius 2 is 1.75 bits per heavy atom. The molecule has 1 heterocycles. The van der Waals surface area contributed by atoms with Crippen molar-refractivity contribution in [3.05, 3.63) is 0 Å². The predicted octanol–water partition coefficient (Wildman–Crippen LogP) is 2.67. The van der Waals surface area contributed by atoms with Gasteiger partial charge in [-0.15, -0.1) is 0 Å². The summed E-state index contributed by atoms with van der Waals surface area (Å²) in [5.41, 5.74) is 0.191. The minimum atomic E-state index is -0.791. The standard InChI is InChI=1S/C16H30N2O2/c1-15(2,3)11-17-9-7-8-10-18(12-16(4,5)6)13(17)14(19)20/h7-12H2,1-6H3/p+1. The van der Waals surface area contributed by atoms with Gasteiger partial charge in [0, 0.05) is 0 Å². The molecule has 1 rings (SSSR count). The van der Waals surface area contributed by atoms with Gasteiger partial charge in [0.2, 0.25) is 0 Å². The highest BCUT2D eigenvalue weighted by Crippen LogP contribution is 2.20. The molecule has 1 N–H and O–H groups in total. The zero-order valence-corrected chi connectivity index (χ0v) is 14.0. The second kappa shape index (κ2) is 6.15. The van der Waals surface area contributed by atoms with Crippen LogP contribution in [-0.2, 0) is 4.79 Å². The number of carbonyl (C=O) groups is 1. The van der Waals surface area contributed by atoms with E-state index in [0.29, 0.717) is 5.84 Å². The quantitative estimate of drug-likeness (QED) is 0.810. The summed E-state index contributed by atoms with van der Waals surface area (Å²) in [5, 5.41) is 9.68. The fourth-order valence-electron chi connectivity index (χ4n) is 2.74. The van der Waals surface area contributed by atoms with Crippen molar-refractivity contribution in [1.82, 2.24) is 4.90 Å². The molecule has 0 amide bonds. The molecule has 0 aromatic heterocycles. The first kappa shape index (κ1) is 17.0. The van der Waals surface area contributed by atoms with E-state index >= 15 is 0 Å². The van der Waals surface area contributed by atoms with E-state index in [1.165, 1.54) is 0 Å². The third-order valence-electron chi connectivity index (χ3n) is 3.23. The zero-order chi connectivity index (χ0) is 15.6. The molecular weight excluding hydrogens is 252 g/mol. The topological polar surface area (TPSA) is 43.5 Å². The Morgan fingerprint density at radius 3 is 2.20 bits per heavy atom. The monoisotopic (exact) mass is 283 g/mol. The molecule has 20 heavy (non-hydrogen) atoms. The van der Waals surface area contributed by atoms with Crippen LogP contribution in [0.4, 0.5) is 0 Å². The van der Waals surface area contributed by atoms with Crippen molar-refractivity contribution < 1.29 is 14.5 Å². The van der Waals surface area contributed by atoms with Crippen LogP contribution in [-0.4, -0.2) is 52.6 Å². The SMILES string of the molecule is CC(C)(C)CN1CCCC[N+](CC(C)(C)C)=C1C(=O)O. The second-order valence-corrected chi connectivity index (χ2v) is 8.30. The van der Waals surface area contributed by atoms with Gasteiger partial charge in [0.25, 0.3) is 0 Å². The number of nitrogens with zero attached hydrogens (tertiary/aromatic N) is 2. The maximum absolute atomic E-state index is 11.8. The lowest BCUT2D eigenvalue weighted by Crippen LogP contribution is -2.47. The molecule has 0 aromatic carbocycles. The smallest absolute Gasteiger partial charge is 0.418 e. The van der Waals surface area contributed by atoms with Crippen LogP contribution in [0.2, 0.25) is 0 Å². The summed E-state index contributed by atoms with van der Waals surface area (Å²) in [4.78, 5) is 13.8. The first-order valence-corrected chi connectivity index (χ1v) is 7.60. The van der Waals surface area contributed by atoms with Gasteiger partial charge in [-0.2, -0.15) is 0 Å². The van der Waals surface area contributed by atoms with Crippen LogP contribution in [0, 0.1) is 10.8 Å². The van der Waals surface area contributed by atoms with E-state index in [1.54, 1.807) is 0 Å². The molecular formula is C16H31N2O2+. The van der Waals surface area contributed by atoms with Crippen molar-refractivity contribution in [3.8, 4) is 0 Å². The first-order chi connectivity index (χ1) is 8.99. The summed E-state index contributed by atoms with van der Waals surface area (Å²) in [5.74, 6) is -0.298. The van der Waals surface area contributed by atoms with Crippen LogP contribution in [0.25, 0.3) is 0 Å². The van der Waals surface area contributed by atoms with Gasteiger partial charge >= 0.3 is 11.8 Å². The number of rotatable bonds is 3. The van der Waals surface area contributed by atoms with E-state index in [4.69, 9.17) is 0 Å². The number of hydrogen-bond donors (Lipinski definition) is 1. The molecule has 0 aliphatic carbocycles. The molecule has 4 heteroatoms. The fraction of sp³-hybridized carbons (Fsp3) is 0.875. The molecule has 0 saturated carbocycles. The molecule has 0 saturated heterocycles. The van der Waals surface area contributed by atoms with Gasteiger partial charge in [-0.05, 0) is 23.7 Å². The molecule has 0 spiro atoms. The second-order valence-electron chi connectivity index (χ2n) is 8.30. The summed E-state index contributed by atoms with van der Waals surface area (Å²) in [6, 6.07) is 0. The number of amidine groups is 1. The summed E-state index contributed by atoms with van der Waals surface area (Å²) < 4.78 is 2.07. The van der Waals surface area contributed by atoms with Gasteiger partial charge in [0.05, 0.1) is 26.2 Å². The number of carboxylic acids is 1. The molecule has 0 fully saturated rings. The molecule has 0 aromatic rings. The maximum Gasteiger partial charge on any atom is 0.418 e. The Kier molecular flexibility index (Phi) is 5.22. The normalized spacial score (nSPS) is 18.2. The average Bonchev–Trinajstić information content (AvgIpc) is 2.35. The molecule has 4 nitrogen and oxygen atoms in total. The minimum absolute atomic E-state index is 0.0957. The molecule has 0 unspecified atom stereocenters. The Hall–Kier alpha value is -1.06. The van der Waals surface area contributed by atoms with Crippen LogP contribution in [0.1, 0.15) is 54.4 Å². The van der Waals surface area contributed by atoms with E-state index in [1.807, 2.05) is 0 Å². The lowest BCUT2D eigenvalue weighted by atomic mass is 9.95. The third-order valence-corrected chi connectivity index (χ3v) is 3.23. The van der Waals surface area contributed by atoms with Crippen molar-refractivity contribution in [2.45, 2.75) is 54.4 Å². The van der Waals surface area contributed by atoms with Crippen LogP contribution in [0.15, 0.2) is 0 Å². The first-order valence-electron chi connectivity index (χ1n) is 7.60. The summed E-state index contributed by atoms with van der Waals surface area (Å²) in [6.07, 6.45) is 2.13. The van der Waals surface area contributed by atoms with Crippen molar-refractivity contribution in [2.24, 2.45) is 10.8 Å². The van der Waals surface area contributed by atoms with E-state index in [-0.39, 0.29) is 10.8 Å². The molecule has 0 radical (unpaired) electrons. The van der Waals surface area contributed by atoms with Crippen LogP contribution in [0.5, 0.6) is 0 Å². The van der Waals surface area contributed by atoms with Gasteiger partial charge in [-0.1, -0.05) is 41.5 Å². The molecule has 0 atom stereocenters. The highest BCUT2D eigenvalue weighted by Gasteiger charge is 2.35. The number of hydrogen-bond acceptors (Lipinski definition) is 2. The molecule has 116 valence electrons. The molecule has 0 bridgehead atoms. The van der Waals surface area contributed by atoms with E-state index < -0.39 is 5.97 Å². The lowest BCUT2D eigenvalue weighted by Gasteiger charge is -2.26. The van der Waals surface area contributed by atoms with Gasteiger partial charge < -0.3 is 5.11 Å². The van der Waals surface area contributed by atoms with Crippen molar-refractivity contribution in [1.29, 1.82) is 0 Å². The molecule has 1 aliphatic rings. The summed E-state index contributed by atoms with van der Waals surface area (Å²) in [7, 11) is 0. The Bertz CT molecular complexity index is 386. The van der Waals surface area contributed by atoms with Crippen molar-refractivity contribution in [3.63, 3.8) is 0 Å². The Balaban J connectivity index is 3.14. The minimum Gasteiger partial charge on any atom is -0.472 e. The van der Waals surface area contributed by atoms with Gasteiger partial charge in [-0.3, -0.25) is 9.48 Å². The lowest BCUT2D eigenvalue weighted by molar-refractivity contribution is -0.543. The third kappa shape index (κ3) is 5.51. The van der Waals surface area contributed by atoms with Crippen LogP contribution >= 0.6 is 0 Å². The van der Waals surface area contributed by atoms with Gasteiger partial charge in [-0.25, -0.2) is 4.79 Å². The van der Waals surface area contributed by atoms with E-state index in [2.05, 4.69) is 51.0 Å². The summed E-state index contributed by atoms with van der Waals surface area (Å²) in [6.45, 7) is 16.2. The summed E-state index contributed by atoms with van der Waals surface area (Å²) >= 11 is 0.